The molecular formula is C24H23N3O2S. The van der Waals surface area contributed by atoms with Crippen molar-refractivity contribution >= 4 is 39.7 Å². The first-order chi connectivity index (χ1) is 14.5. The fraction of sp³-hybridized carbons (Fsp3) is 0.167. The highest BCUT2D eigenvalue weighted by Gasteiger charge is 2.32. The summed E-state index contributed by atoms with van der Waals surface area (Å²) in [6.45, 7) is 1.92. The predicted octanol–water partition coefficient (Wildman–Crippen LogP) is 4.62. The molecule has 0 aromatic heterocycles. The molecule has 0 radical (unpaired) electrons. The van der Waals surface area contributed by atoms with E-state index in [0.29, 0.717) is 22.1 Å². The maximum atomic E-state index is 13.4. The molecule has 2 N–H and O–H groups in total. The number of nitrogens with zero attached hydrogens (tertiary/aromatic N) is 1. The number of benzene rings is 3. The molecule has 3 aromatic rings. The SMILES string of the molecule is COc1ccccc1NC(=O)C1=C(C)N(C)C(=S)N[C@@H]1c1ccc2ccccc2c1. The van der Waals surface area contributed by atoms with Gasteiger partial charge in [0, 0.05) is 12.7 Å². The molecule has 3 aromatic carbocycles. The van der Waals surface area contributed by atoms with Crippen LogP contribution in [0.4, 0.5) is 5.69 Å². The number of para-hydroxylation sites is 2. The fourth-order valence-electron chi connectivity index (χ4n) is 3.70. The molecule has 4 rings (SSSR count). The molecule has 6 heteroatoms. The minimum atomic E-state index is -0.354. The zero-order valence-corrected chi connectivity index (χ0v) is 17.9. The summed E-state index contributed by atoms with van der Waals surface area (Å²) < 4.78 is 5.38. The van der Waals surface area contributed by atoms with E-state index >= 15 is 0 Å². The topological polar surface area (TPSA) is 53.6 Å². The highest BCUT2D eigenvalue weighted by molar-refractivity contribution is 7.80. The van der Waals surface area contributed by atoms with Crippen molar-refractivity contribution in [2.45, 2.75) is 13.0 Å². The Hall–Kier alpha value is -3.38. The van der Waals surface area contributed by atoms with Crippen LogP contribution in [0, 0.1) is 0 Å². The minimum absolute atomic E-state index is 0.197. The number of hydrogen-bond donors (Lipinski definition) is 2. The first-order valence-electron chi connectivity index (χ1n) is 9.67. The maximum absolute atomic E-state index is 13.4. The Morgan fingerprint density at radius 1 is 1.07 bits per heavy atom. The number of hydrogen-bond acceptors (Lipinski definition) is 3. The summed E-state index contributed by atoms with van der Waals surface area (Å²) in [6.07, 6.45) is 0. The smallest absolute Gasteiger partial charge is 0.255 e. The zero-order valence-electron chi connectivity index (χ0n) is 17.1. The van der Waals surface area contributed by atoms with Crippen LogP contribution in [-0.4, -0.2) is 30.1 Å². The first kappa shape index (κ1) is 19.9. The molecular weight excluding hydrogens is 394 g/mol. The van der Waals surface area contributed by atoms with Crippen molar-refractivity contribution in [2.75, 3.05) is 19.5 Å². The average molecular weight is 418 g/mol. The molecule has 1 aliphatic heterocycles. The first-order valence-corrected chi connectivity index (χ1v) is 10.1. The number of nitrogens with one attached hydrogen (secondary N) is 2. The molecule has 0 spiro atoms. The summed E-state index contributed by atoms with van der Waals surface area (Å²) in [5, 5.41) is 9.18. The number of anilines is 1. The molecule has 1 amide bonds. The summed E-state index contributed by atoms with van der Waals surface area (Å²) in [7, 11) is 3.44. The van der Waals surface area contributed by atoms with Crippen LogP contribution in [0.1, 0.15) is 18.5 Å². The lowest BCUT2D eigenvalue weighted by Gasteiger charge is -2.36. The molecule has 0 fully saturated rings. The molecule has 1 atom stereocenters. The maximum Gasteiger partial charge on any atom is 0.255 e. The molecule has 0 saturated carbocycles. The number of carbonyl (C=O) groups is 1. The third kappa shape index (κ3) is 3.62. The van der Waals surface area contributed by atoms with Gasteiger partial charge in [-0.05, 0) is 53.7 Å². The second-order valence-electron chi connectivity index (χ2n) is 7.20. The summed E-state index contributed by atoms with van der Waals surface area (Å²) in [5.74, 6) is 0.413. The Balaban J connectivity index is 1.76. The number of thiocarbonyl (C=S) groups is 1. The van der Waals surface area contributed by atoms with Gasteiger partial charge in [0.2, 0.25) is 0 Å². The van der Waals surface area contributed by atoms with Gasteiger partial charge in [-0.2, -0.15) is 0 Å². The van der Waals surface area contributed by atoms with Crippen LogP contribution in [0.25, 0.3) is 10.8 Å². The lowest BCUT2D eigenvalue weighted by atomic mass is 9.92. The molecule has 1 aliphatic rings. The zero-order chi connectivity index (χ0) is 21.3. The highest BCUT2D eigenvalue weighted by atomic mass is 32.1. The molecule has 0 bridgehead atoms. The Kier molecular flexibility index (Phi) is 5.42. The normalized spacial score (nSPS) is 16.4. The van der Waals surface area contributed by atoms with Gasteiger partial charge in [0.25, 0.3) is 5.91 Å². The van der Waals surface area contributed by atoms with Crippen molar-refractivity contribution in [3.05, 3.63) is 83.6 Å². The van der Waals surface area contributed by atoms with Gasteiger partial charge in [0.1, 0.15) is 5.75 Å². The van der Waals surface area contributed by atoms with E-state index < -0.39 is 0 Å². The van der Waals surface area contributed by atoms with Gasteiger partial charge in [-0.3, -0.25) is 4.79 Å². The van der Waals surface area contributed by atoms with Gasteiger partial charge in [-0.1, -0.05) is 48.5 Å². The molecule has 0 unspecified atom stereocenters. The lowest BCUT2D eigenvalue weighted by molar-refractivity contribution is -0.113. The van der Waals surface area contributed by atoms with Gasteiger partial charge in [-0.15, -0.1) is 0 Å². The Morgan fingerprint density at radius 2 is 1.77 bits per heavy atom. The molecule has 152 valence electrons. The van der Waals surface area contributed by atoms with Crippen molar-refractivity contribution in [1.82, 2.24) is 10.2 Å². The monoisotopic (exact) mass is 417 g/mol. The number of methoxy groups -OCH3 is 1. The van der Waals surface area contributed by atoms with E-state index in [0.717, 1.165) is 22.0 Å². The summed E-state index contributed by atoms with van der Waals surface area (Å²) in [5.41, 5.74) is 3.03. The van der Waals surface area contributed by atoms with E-state index in [1.165, 1.54) is 0 Å². The molecule has 30 heavy (non-hydrogen) atoms. The van der Waals surface area contributed by atoms with Gasteiger partial charge in [0.05, 0.1) is 24.4 Å². The lowest BCUT2D eigenvalue weighted by Crippen LogP contribution is -2.46. The predicted molar refractivity (Wildman–Crippen MR) is 125 cm³/mol. The highest BCUT2D eigenvalue weighted by Crippen LogP contribution is 2.33. The summed E-state index contributed by atoms with van der Waals surface area (Å²) in [6, 6.07) is 21.4. The number of allylic oxidation sites excluding steroid dienone is 1. The van der Waals surface area contributed by atoms with Gasteiger partial charge >= 0.3 is 0 Å². The summed E-state index contributed by atoms with van der Waals surface area (Å²) >= 11 is 5.52. The second kappa shape index (κ2) is 8.16. The van der Waals surface area contributed by atoms with Crippen LogP contribution in [0.15, 0.2) is 78.0 Å². The van der Waals surface area contributed by atoms with Crippen molar-refractivity contribution in [1.29, 1.82) is 0 Å². The second-order valence-corrected chi connectivity index (χ2v) is 7.59. The standard InChI is InChI=1S/C24H23N3O2S/c1-15-21(23(28)25-19-10-6-7-11-20(19)29-3)22(26-24(30)27(15)2)18-13-12-16-8-4-5-9-17(16)14-18/h4-14,22H,1-3H3,(H,25,28)(H,26,30)/t22-/m1/s1. The van der Waals surface area contributed by atoms with Crippen molar-refractivity contribution in [3.63, 3.8) is 0 Å². The number of carbonyl (C=O) groups excluding carboxylic acids is 1. The number of amides is 1. The fourth-order valence-corrected chi connectivity index (χ4v) is 3.96. The van der Waals surface area contributed by atoms with Gasteiger partial charge in [0.15, 0.2) is 5.11 Å². The number of fused-ring (bicyclic) bond motifs is 1. The Morgan fingerprint density at radius 3 is 2.53 bits per heavy atom. The third-order valence-corrected chi connectivity index (χ3v) is 5.85. The van der Waals surface area contributed by atoms with Crippen LogP contribution in [-0.2, 0) is 4.79 Å². The van der Waals surface area contributed by atoms with Crippen molar-refractivity contribution in [3.8, 4) is 5.75 Å². The van der Waals surface area contributed by atoms with Crippen molar-refractivity contribution < 1.29 is 9.53 Å². The van der Waals surface area contributed by atoms with Crippen LogP contribution in [0.5, 0.6) is 5.75 Å². The van der Waals surface area contributed by atoms with Crippen LogP contribution in [0.2, 0.25) is 0 Å². The van der Waals surface area contributed by atoms with E-state index in [1.54, 1.807) is 7.11 Å². The number of ether oxygens (including phenoxy) is 1. The third-order valence-electron chi connectivity index (χ3n) is 5.46. The molecule has 1 heterocycles. The van der Waals surface area contributed by atoms with Crippen LogP contribution >= 0.6 is 12.2 Å². The Labute approximate surface area is 181 Å². The van der Waals surface area contributed by atoms with Gasteiger partial charge < -0.3 is 20.3 Å². The van der Waals surface area contributed by atoms with Crippen molar-refractivity contribution in [2.24, 2.45) is 0 Å². The average Bonchev–Trinajstić information content (AvgIpc) is 2.77. The largest absolute Gasteiger partial charge is 0.495 e. The van der Waals surface area contributed by atoms with Gasteiger partial charge in [-0.25, -0.2) is 0 Å². The van der Waals surface area contributed by atoms with E-state index in [1.807, 2.05) is 61.3 Å². The van der Waals surface area contributed by atoms with E-state index in [9.17, 15) is 4.79 Å². The van der Waals surface area contributed by atoms with Crippen LogP contribution in [0.3, 0.4) is 0 Å². The molecule has 5 nitrogen and oxygen atoms in total. The van der Waals surface area contributed by atoms with E-state index in [4.69, 9.17) is 17.0 Å². The minimum Gasteiger partial charge on any atom is -0.495 e. The molecule has 0 saturated heterocycles. The van der Waals surface area contributed by atoms with Crippen LogP contribution < -0.4 is 15.4 Å². The molecule has 0 aliphatic carbocycles. The van der Waals surface area contributed by atoms with E-state index in [-0.39, 0.29) is 11.9 Å². The quantitative estimate of drug-likeness (QED) is 0.607. The van der Waals surface area contributed by atoms with E-state index in [2.05, 4.69) is 34.9 Å². The number of rotatable bonds is 4. The summed E-state index contributed by atoms with van der Waals surface area (Å²) in [4.78, 5) is 15.2. The Bertz CT molecular complexity index is 1170.